The number of hydrogen-bond acceptors (Lipinski definition) is 9. The number of pyridine rings is 2. The van der Waals surface area contributed by atoms with Gasteiger partial charge in [0.1, 0.15) is 0 Å². The second kappa shape index (κ2) is 18.1. The van der Waals surface area contributed by atoms with E-state index in [1.165, 1.54) is 9.75 Å². The summed E-state index contributed by atoms with van der Waals surface area (Å²) in [5.74, 6) is -8.24. The maximum Gasteiger partial charge on any atom is 0.490 e. The summed E-state index contributed by atoms with van der Waals surface area (Å²) in [6.07, 6.45) is -8.05. The molecule has 2 fully saturated rings. The topological polar surface area (TPSA) is 170 Å². The molecule has 2 aliphatic rings. The van der Waals surface area contributed by atoms with Crippen molar-refractivity contribution in [2.24, 2.45) is 0 Å². The molecule has 5 heterocycles. The van der Waals surface area contributed by atoms with Crippen molar-refractivity contribution in [3.8, 4) is 0 Å². The lowest BCUT2D eigenvalue weighted by atomic mass is 9.83. The monoisotopic (exact) mass is 776 g/mol. The maximum atomic E-state index is 13.9. The predicted octanol–water partition coefficient (Wildman–Crippen LogP) is 5.14. The zero-order valence-electron chi connectivity index (χ0n) is 26.6. The zero-order valence-corrected chi connectivity index (χ0v) is 27.4. The Hall–Kier alpha value is -4.83. The third kappa shape index (κ3) is 13.1. The van der Waals surface area contributed by atoms with Gasteiger partial charge in [-0.15, -0.1) is 11.3 Å². The minimum atomic E-state index is -5.08. The second-order valence-electron chi connectivity index (χ2n) is 10.7. The molecular formula is C30H29F9N4O8S. The van der Waals surface area contributed by atoms with Crippen molar-refractivity contribution < 1.29 is 78.7 Å². The minimum absolute atomic E-state index is 0.0463. The molecule has 22 heteroatoms. The summed E-state index contributed by atoms with van der Waals surface area (Å²) >= 11 is 1.81. The van der Waals surface area contributed by atoms with Crippen LogP contribution in [0.25, 0.3) is 0 Å². The van der Waals surface area contributed by atoms with E-state index in [1.807, 2.05) is 40.6 Å². The number of rotatable bonds is 5. The number of carboxylic acids is 3. The van der Waals surface area contributed by atoms with E-state index < -0.39 is 42.0 Å². The average Bonchev–Trinajstić information content (AvgIpc) is 3.63. The number of nitrogens with zero attached hydrogens (tertiary/aromatic N) is 4. The van der Waals surface area contributed by atoms with E-state index in [9.17, 15) is 44.3 Å². The van der Waals surface area contributed by atoms with Gasteiger partial charge in [-0.2, -0.15) is 39.5 Å². The van der Waals surface area contributed by atoms with Gasteiger partial charge in [0.25, 0.3) is 5.91 Å². The number of thiophene rings is 1. The fraction of sp³-hybridized carbons (Fsp3) is 0.400. The van der Waals surface area contributed by atoms with E-state index in [0.717, 1.165) is 24.2 Å². The van der Waals surface area contributed by atoms with Gasteiger partial charge in [-0.3, -0.25) is 19.7 Å². The lowest BCUT2D eigenvalue weighted by molar-refractivity contribution is -0.193. The van der Waals surface area contributed by atoms with Crippen molar-refractivity contribution in [3.63, 3.8) is 0 Å². The van der Waals surface area contributed by atoms with Crippen molar-refractivity contribution in [2.75, 3.05) is 26.2 Å². The van der Waals surface area contributed by atoms with Crippen LogP contribution in [0, 0.1) is 6.92 Å². The zero-order chi connectivity index (χ0) is 39.5. The molecule has 3 aromatic heterocycles. The van der Waals surface area contributed by atoms with Crippen LogP contribution in [0.5, 0.6) is 0 Å². The van der Waals surface area contributed by atoms with Crippen LogP contribution in [-0.4, -0.2) is 109 Å². The maximum absolute atomic E-state index is 13.9. The Labute approximate surface area is 292 Å². The lowest BCUT2D eigenvalue weighted by Gasteiger charge is -2.42. The van der Waals surface area contributed by atoms with E-state index >= 15 is 0 Å². The molecule has 3 aromatic rings. The largest absolute Gasteiger partial charge is 0.490 e. The number of ether oxygens (including phenoxy) is 1. The number of aliphatic carboxylic acids is 3. The quantitative estimate of drug-likeness (QED) is 0.293. The number of amides is 1. The number of alkyl halides is 9. The van der Waals surface area contributed by atoms with Crippen molar-refractivity contribution in [1.82, 2.24) is 19.8 Å². The molecule has 0 aliphatic carbocycles. The fourth-order valence-electron chi connectivity index (χ4n) is 4.77. The first-order valence-electron chi connectivity index (χ1n) is 14.4. The summed E-state index contributed by atoms with van der Waals surface area (Å²) in [6.45, 7) is 6.05. The molecule has 52 heavy (non-hydrogen) atoms. The molecule has 2 aliphatic heterocycles. The molecule has 2 atom stereocenters. The number of halogens is 9. The number of morpholine rings is 1. The molecule has 3 N–H and O–H groups in total. The Morgan fingerprint density at radius 1 is 0.846 bits per heavy atom. The van der Waals surface area contributed by atoms with E-state index in [0.29, 0.717) is 26.2 Å². The SMILES string of the molecule is Cc1ccc(CN2CC(c3cccnc3)C3(C2)OCCN(Cc2ccncc2)C3=O)s1.O=C(O)C(F)(F)F.O=C(O)C(F)(F)F.O=C(O)C(F)(F)F. The van der Waals surface area contributed by atoms with Crippen molar-refractivity contribution in [3.05, 3.63) is 82.1 Å². The van der Waals surface area contributed by atoms with Gasteiger partial charge in [0.15, 0.2) is 5.60 Å². The number of carbonyl (C=O) groups excluding carboxylic acids is 1. The summed E-state index contributed by atoms with van der Waals surface area (Å²) in [6, 6.07) is 12.3. The Balaban J connectivity index is 0.000000365. The highest BCUT2D eigenvalue weighted by molar-refractivity contribution is 7.11. The minimum Gasteiger partial charge on any atom is -0.475 e. The molecule has 12 nitrogen and oxygen atoms in total. The van der Waals surface area contributed by atoms with Gasteiger partial charge in [-0.1, -0.05) is 6.07 Å². The predicted molar refractivity (Wildman–Crippen MR) is 161 cm³/mol. The van der Waals surface area contributed by atoms with E-state index in [4.69, 9.17) is 34.4 Å². The number of carbonyl (C=O) groups is 4. The fourth-order valence-corrected chi connectivity index (χ4v) is 5.70. The summed E-state index contributed by atoms with van der Waals surface area (Å²) in [5.41, 5.74) is 1.27. The van der Waals surface area contributed by atoms with Gasteiger partial charge in [0, 0.05) is 73.2 Å². The number of aryl methyl sites for hydroxylation is 1. The number of hydrogen-bond donors (Lipinski definition) is 3. The van der Waals surface area contributed by atoms with Crippen molar-refractivity contribution in [1.29, 1.82) is 0 Å². The third-order valence-corrected chi connectivity index (χ3v) is 7.93. The van der Waals surface area contributed by atoms with E-state index in [1.54, 1.807) is 18.6 Å². The Kier molecular flexibility index (Phi) is 15.1. The lowest BCUT2D eigenvalue weighted by Crippen LogP contribution is -2.59. The van der Waals surface area contributed by atoms with Crippen LogP contribution in [0.4, 0.5) is 39.5 Å². The summed E-state index contributed by atoms with van der Waals surface area (Å²) in [7, 11) is 0. The van der Waals surface area contributed by atoms with Gasteiger partial charge in [-0.25, -0.2) is 14.4 Å². The van der Waals surface area contributed by atoms with Gasteiger partial charge in [0.05, 0.1) is 6.61 Å². The van der Waals surface area contributed by atoms with Crippen LogP contribution in [0.3, 0.4) is 0 Å². The summed E-state index contributed by atoms with van der Waals surface area (Å²) in [4.78, 5) is 55.9. The highest BCUT2D eigenvalue weighted by atomic mass is 32.1. The Morgan fingerprint density at radius 3 is 1.83 bits per heavy atom. The number of aromatic nitrogens is 2. The standard InChI is InChI=1S/C24H26N4O2S.3C2HF3O2/c1-18-4-5-21(31-18)15-27-16-22(20-3-2-8-26-13-20)24(17-27)23(29)28(11-12-30-24)14-19-6-9-25-10-7-19;3*3-2(4,5)1(6)7/h2-10,13,22H,11-12,14-17H2,1H3;3*(H,6,7). The van der Waals surface area contributed by atoms with Crippen LogP contribution >= 0.6 is 11.3 Å². The third-order valence-electron chi connectivity index (χ3n) is 6.94. The molecule has 2 saturated heterocycles. The normalized spacial score (nSPS) is 19.0. The van der Waals surface area contributed by atoms with Gasteiger partial charge in [-0.05, 0) is 48.4 Å². The van der Waals surface area contributed by atoms with Gasteiger partial charge >= 0.3 is 36.4 Å². The average molecular weight is 777 g/mol. The molecule has 0 radical (unpaired) electrons. The molecule has 5 rings (SSSR count). The number of carboxylic acid groups (broad SMARTS) is 3. The molecule has 1 spiro atoms. The van der Waals surface area contributed by atoms with Crippen molar-refractivity contribution >= 4 is 35.2 Å². The van der Waals surface area contributed by atoms with Gasteiger partial charge < -0.3 is 25.0 Å². The first kappa shape index (κ1) is 43.3. The van der Waals surface area contributed by atoms with Crippen LogP contribution < -0.4 is 0 Å². The first-order valence-corrected chi connectivity index (χ1v) is 15.2. The van der Waals surface area contributed by atoms with Crippen LogP contribution in [0.2, 0.25) is 0 Å². The molecule has 0 saturated carbocycles. The van der Waals surface area contributed by atoms with Crippen molar-refractivity contribution in [2.45, 2.75) is 50.1 Å². The van der Waals surface area contributed by atoms with E-state index in [-0.39, 0.29) is 11.8 Å². The second-order valence-corrected chi connectivity index (χ2v) is 12.1. The Morgan fingerprint density at radius 2 is 1.38 bits per heavy atom. The van der Waals surface area contributed by atoms with Crippen LogP contribution in [0.1, 0.15) is 26.8 Å². The first-order chi connectivity index (χ1) is 24.0. The molecule has 0 aromatic carbocycles. The number of likely N-dealkylation sites (tertiary alicyclic amines) is 1. The molecule has 0 bridgehead atoms. The molecule has 2 unspecified atom stereocenters. The van der Waals surface area contributed by atoms with Crippen LogP contribution in [0.15, 0.2) is 61.2 Å². The van der Waals surface area contributed by atoms with E-state index in [2.05, 4.69) is 40.0 Å². The van der Waals surface area contributed by atoms with Crippen LogP contribution in [-0.2, 0) is 37.0 Å². The smallest absolute Gasteiger partial charge is 0.475 e. The summed E-state index contributed by atoms with van der Waals surface area (Å²) in [5, 5.41) is 21.4. The molecule has 286 valence electrons. The van der Waals surface area contributed by atoms with Gasteiger partial charge in [0.2, 0.25) is 0 Å². The summed E-state index contributed by atoms with van der Waals surface area (Å²) < 4.78 is 102. The molecule has 1 amide bonds. The Bertz CT molecular complexity index is 1580. The molecular weight excluding hydrogens is 747 g/mol. The highest BCUT2D eigenvalue weighted by Gasteiger charge is 2.57. The highest BCUT2D eigenvalue weighted by Crippen LogP contribution is 2.42.